The smallest absolute Gasteiger partial charge is 0.264 e. The van der Waals surface area contributed by atoms with Gasteiger partial charge in [-0.2, -0.15) is 0 Å². The van der Waals surface area contributed by atoms with E-state index in [4.69, 9.17) is 23.2 Å². The van der Waals surface area contributed by atoms with E-state index in [2.05, 4.69) is 14.9 Å². The average Bonchev–Trinajstić information content (AvgIpc) is 3.31. The van der Waals surface area contributed by atoms with E-state index in [-0.39, 0.29) is 5.91 Å². The second kappa shape index (κ2) is 8.87. The van der Waals surface area contributed by atoms with Crippen LogP contribution in [0.1, 0.15) is 11.1 Å². The van der Waals surface area contributed by atoms with Crippen LogP contribution in [-0.4, -0.2) is 15.6 Å². The highest BCUT2D eigenvalue weighted by Crippen LogP contribution is 2.32. The Bertz CT molecular complexity index is 1370. The zero-order chi connectivity index (χ0) is 22.1. The third kappa shape index (κ3) is 4.19. The zero-order valence-corrected chi connectivity index (χ0v) is 19.1. The fraction of sp³-hybridized carbons (Fsp3) is 0.0400. The van der Waals surface area contributed by atoms with Gasteiger partial charge in [0.1, 0.15) is 0 Å². The number of carbonyl (C=O) groups is 1. The topological polar surface area (TPSA) is 46.4 Å². The van der Waals surface area contributed by atoms with Gasteiger partial charge in [-0.1, -0.05) is 65.7 Å². The second-order valence-corrected chi connectivity index (χ2v) is 9.09. The summed E-state index contributed by atoms with van der Waals surface area (Å²) in [5.74, 6) is -0.157. The van der Waals surface area contributed by atoms with E-state index in [1.165, 1.54) is 11.8 Å². The lowest BCUT2D eigenvalue weighted by Crippen LogP contribution is -2.19. The average molecular weight is 478 g/mol. The van der Waals surface area contributed by atoms with Gasteiger partial charge in [0.05, 0.1) is 17.1 Å². The van der Waals surface area contributed by atoms with Crippen LogP contribution in [0.25, 0.3) is 17.0 Å². The molecule has 1 N–H and O–H groups in total. The Morgan fingerprint density at radius 2 is 1.66 bits per heavy atom. The van der Waals surface area contributed by atoms with Crippen molar-refractivity contribution in [2.45, 2.75) is 6.54 Å². The van der Waals surface area contributed by atoms with Crippen LogP contribution in [0.2, 0.25) is 10.0 Å². The molecule has 2 heterocycles. The first-order valence-corrected chi connectivity index (χ1v) is 11.5. The highest BCUT2D eigenvalue weighted by atomic mass is 35.5. The highest BCUT2D eigenvalue weighted by molar-refractivity contribution is 8.18. The largest absolute Gasteiger partial charge is 0.342 e. The molecule has 1 aliphatic heterocycles. The van der Waals surface area contributed by atoms with Gasteiger partial charge in [-0.3, -0.25) is 4.79 Å². The molecule has 7 heteroatoms. The maximum Gasteiger partial charge on any atom is 0.264 e. The van der Waals surface area contributed by atoms with Gasteiger partial charge in [0.15, 0.2) is 5.17 Å². The summed E-state index contributed by atoms with van der Waals surface area (Å²) in [7, 11) is 0. The number of fused-ring (bicyclic) bond motifs is 1. The molecule has 0 saturated carbocycles. The lowest BCUT2D eigenvalue weighted by atomic mass is 10.1. The number of amidine groups is 1. The maximum absolute atomic E-state index is 12.6. The Morgan fingerprint density at radius 3 is 2.44 bits per heavy atom. The third-order valence-electron chi connectivity index (χ3n) is 5.13. The summed E-state index contributed by atoms with van der Waals surface area (Å²) in [6, 6.07) is 23.1. The van der Waals surface area contributed by atoms with Crippen molar-refractivity contribution < 1.29 is 4.79 Å². The van der Waals surface area contributed by atoms with Crippen molar-refractivity contribution in [3.05, 3.63) is 105 Å². The molecule has 3 aromatic carbocycles. The lowest BCUT2D eigenvalue weighted by molar-refractivity contribution is -0.115. The van der Waals surface area contributed by atoms with Crippen molar-refractivity contribution >= 4 is 68.7 Å². The third-order valence-corrected chi connectivity index (χ3v) is 6.75. The summed E-state index contributed by atoms with van der Waals surface area (Å²) >= 11 is 14.1. The normalized spacial score (nSPS) is 16.2. The molecule has 0 aliphatic carbocycles. The van der Waals surface area contributed by atoms with Gasteiger partial charge in [0.2, 0.25) is 0 Å². The number of aromatic nitrogens is 1. The number of carbonyl (C=O) groups excluding carboxylic acids is 1. The highest BCUT2D eigenvalue weighted by Gasteiger charge is 2.24. The van der Waals surface area contributed by atoms with Gasteiger partial charge in [0.25, 0.3) is 5.91 Å². The summed E-state index contributed by atoms with van der Waals surface area (Å²) in [6.07, 6.45) is 3.93. The van der Waals surface area contributed by atoms with Gasteiger partial charge >= 0.3 is 0 Å². The van der Waals surface area contributed by atoms with E-state index < -0.39 is 0 Å². The number of para-hydroxylation sites is 2. The Kier molecular flexibility index (Phi) is 5.79. The fourth-order valence-corrected chi connectivity index (χ4v) is 4.97. The molecule has 1 amide bonds. The fourth-order valence-electron chi connectivity index (χ4n) is 3.62. The summed E-state index contributed by atoms with van der Waals surface area (Å²) in [5, 5.41) is 5.72. The number of nitrogens with zero attached hydrogens (tertiary/aromatic N) is 2. The molecule has 1 aromatic heterocycles. The van der Waals surface area contributed by atoms with Crippen LogP contribution in [0.3, 0.4) is 0 Å². The van der Waals surface area contributed by atoms with Crippen LogP contribution < -0.4 is 5.32 Å². The number of nitrogens with one attached hydrogen (secondary N) is 1. The van der Waals surface area contributed by atoms with Gasteiger partial charge in [-0.25, -0.2) is 4.99 Å². The summed E-state index contributed by atoms with van der Waals surface area (Å²) < 4.78 is 2.10. The molecule has 4 aromatic rings. The molecule has 1 aliphatic rings. The van der Waals surface area contributed by atoms with Crippen LogP contribution in [0, 0.1) is 0 Å². The molecule has 32 heavy (non-hydrogen) atoms. The standard InChI is InChI=1S/C25H17Cl2N3OS/c26-20-10-6-11-21(27)19(20)15-30-14-16(18-9-4-5-12-22(18)30)13-23-24(31)29-25(32-23)28-17-7-2-1-3-8-17/h1-14H,15H2,(H,28,29,31). The van der Waals surface area contributed by atoms with E-state index in [1.54, 1.807) is 0 Å². The van der Waals surface area contributed by atoms with Crippen LogP contribution in [0.5, 0.6) is 0 Å². The number of benzene rings is 3. The summed E-state index contributed by atoms with van der Waals surface area (Å²) in [5.41, 5.74) is 3.64. The SMILES string of the molecule is O=C1NC(=Nc2ccccc2)SC1=Cc1cn(Cc2c(Cl)cccc2Cl)c2ccccc12. The van der Waals surface area contributed by atoms with Crippen molar-refractivity contribution in [2.75, 3.05) is 0 Å². The number of hydrogen-bond donors (Lipinski definition) is 1. The molecule has 4 nitrogen and oxygen atoms in total. The predicted octanol–water partition coefficient (Wildman–Crippen LogP) is 6.89. The zero-order valence-electron chi connectivity index (χ0n) is 16.8. The van der Waals surface area contributed by atoms with Crippen molar-refractivity contribution in [3.63, 3.8) is 0 Å². The van der Waals surface area contributed by atoms with Crippen LogP contribution in [0.15, 0.2) is 88.9 Å². The maximum atomic E-state index is 12.6. The van der Waals surface area contributed by atoms with E-state index in [1.807, 2.05) is 85.1 Å². The molecule has 5 rings (SSSR count). The molecule has 0 bridgehead atoms. The molecule has 0 atom stereocenters. The van der Waals surface area contributed by atoms with Gasteiger partial charge in [-0.05, 0) is 48.2 Å². The lowest BCUT2D eigenvalue weighted by Gasteiger charge is -2.09. The van der Waals surface area contributed by atoms with Gasteiger partial charge in [-0.15, -0.1) is 0 Å². The Morgan fingerprint density at radius 1 is 0.938 bits per heavy atom. The quantitative estimate of drug-likeness (QED) is 0.325. The van der Waals surface area contributed by atoms with Crippen molar-refractivity contribution in [1.29, 1.82) is 0 Å². The van der Waals surface area contributed by atoms with E-state index >= 15 is 0 Å². The Hall–Kier alpha value is -2.99. The first-order valence-electron chi connectivity index (χ1n) is 9.94. The second-order valence-electron chi connectivity index (χ2n) is 7.25. The molecule has 0 radical (unpaired) electrons. The monoisotopic (exact) mass is 477 g/mol. The number of rotatable bonds is 4. The van der Waals surface area contributed by atoms with Crippen molar-refractivity contribution in [3.8, 4) is 0 Å². The number of aliphatic imine (C=N–C) groups is 1. The number of hydrogen-bond acceptors (Lipinski definition) is 3. The van der Waals surface area contributed by atoms with E-state index in [0.29, 0.717) is 26.7 Å². The first-order chi connectivity index (χ1) is 15.6. The summed E-state index contributed by atoms with van der Waals surface area (Å²) in [4.78, 5) is 17.7. The number of halogens is 2. The van der Waals surface area contributed by atoms with Gasteiger partial charge < -0.3 is 9.88 Å². The number of thioether (sulfide) groups is 1. The first kappa shape index (κ1) is 20.9. The molecule has 158 valence electrons. The molecular formula is C25H17Cl2N3OS. The Balaban J connectivity index is 1.51. The van der Waals surface area contributed by atoms with E-state index in [9.17, 15) is 4.79 Å². The minimum atomic E-state index is -0.157. The minimum absolute atomic E-state index is 0.157. The molecule has 1 fully saturated rings. The molecule has 0 spiro atoms. The van der Waals surface area contributed by atoms with Gasteiger partial charge in [0, 0.05) is 38.3 Å². The van der Waals surface area contributed by atoms with Crippen LogP contribution in [0.4, 0.5) is 5.69 Å². The van der Waals surface area contributed by atoms with Crippen LogP contribution >= 0.6 is 35.0 Å². The molecule has 0 unspecified atom stereocenters. The van der Waals surface area contributed by atoms with E-state index in [0.717, 1.165) is 27.7 Å². The summed E-state index contributed by atoms with van der Waals surface area (Å²) in [6.45, 7) is 0.530. The van der Waals surface area contributed by atoms with Crippen molar-refractivity contribution in [2.24, 2.45) is 4.99 Å². The predicted molar refractivity (Wildman–Crippen MR) is 135 cm³/mol. The molecular weight excluding hydrogens is 461 g/mol. The Labute approximate surface area is 199 Å². The minimum Gasteiger partial charge on any atom is -0.342 e. The molecule has 1 saturated heterocycles. The van der Waals surface area contributed by atoms with Crippen molar-refractivity contribution in [1.82, 2.24) is 9.88 Å². The van der Waals surface area contributed by atoms with Crippen LogP contribution in [-0.2, 0) is 11.3 Å². The number of amides is 1.